The largest absolute Gasteiger partial charge is 0.493 e. The first-order valence-electron chi connectivity index (χ1n) is 11.5. The number of amides is 2. The molecule has 5 heteroatoms. The number of hydrogen-bond donors (Lipinski definition) is 0. The fourth-order valence-corrected chi connectivity index (χ4v) is 4.37. The van der Waals surface area contributed by atoms with Crippen LogP contribution in [-0.2, 0) is 0 Å². The Morgan fingerprint density at radius 1 is 0.774 bits per heavy atom. The second-order valence-electron chi connectivity index (χ2n) is 8.91. The number of ether oxygens (including phenoxy) is 1. The minimum absolute atomic E-state index is 0.114. The van der Waals surface area contributed by atoms with Crippen LogP contribution < -0.4 is 4.74 Å². The molecule has 0 atom stereocenters. The molecule has 2 aliphatic rings. The summed E-state index contributed by atoms with van der Waals surface area (Å²) in [5, 5.41) is 0. The van der Waals surface area contributed by atoms with Gasteiger partial charge in [0.1, 0.15) is 5.75 Å². The van der Waals surface area contributed by atoms with Gasteiger partial charge in [0, 0.05) is 37.3 Å². The Kier molecular flexibility index (Phi) is 6.90. The van der Waals surface area contributed by atoms with Gasteiger partial charge in [-0.1, -0.05) is 25.1 Å². The summed E-state index contributed by atoms with van der Waals surface area (Å²) < 4.78 is 5.99. The van der Waals surface area contributed by atoms with Crippen LogP contribution in [0.25, 0.3) is 0 Å². The van der Waals surface area contributed by atoms with Crippen LogP contribution >= 0.6 is 0 Å². The molecule has 31 heavy (non-hydrogen) atoms. The molecule has 0 saturated carbocycles. The highest BCUT2D eigenvalue weighted by molar-refractivity contribution is 5.94. The fourth-order valence-electron chi connectivity index (χ4n) is 4.37. The molecule has 2 fully saturated rings. The Balaban J connectivity index is 1.22. The summed E-state index contributed by atoms with van der Waals surface area (Å²) in [5.74, 6) is 2.18. The van der Waals surface area contributed by atoms with E-state index in [0.29, 0.717) is 18.4 Å². The van der Waals surface area contributed by atoms with Crippen LogP contribution in [0.15, 0.2) is 54.6 Å². The van der Waals surface area contributed by atoms with Crippen molar-refractivity contribution in [2.24, 2.45) is 11.8 Å². The molecule has 2 aliphatic heterocycles. The van der Waals surface area contributed by atoms with Gasteiger partial charge in [-0.25, -0.2) is 0 Å². The summed E-state index contributed by atoms with van der Waals surface area (Å²) in [6.45, 7) is 6.13. The number of benzene rings is 2. The second-order valence-corrected chi connectivity index (χ2v) is 8.91. The molecule has 4 rings (SSSR count). The van der Waals surface area contributed by atoms with E-state index in [9.17, 15) is 9.59 Å². The molecule has 5 nitrogen and oxygen atoms in total. The predicted octanol–water partition coefficient (Wildman–Crippen LogP) is 4.49. The van der Waals surface area contributed by atoms with E-state index in [0.717, 1.165) is 68.7 Å². The lowest BCUT2D eigenvalue weighted by atomic mass is 9.97. The first-order chi connectivity index (χ1) is 15.1. The maximum Gasteiger partial charge on any atom is 0.253 e. The molecule has 0 aromatic heterocycles. The van der Waals surface area contributed by atoms with Crippen LogP contribution in [0.3, 0.4) is 0 Å². The van der Waals surface area contributed by atoms with E-state index in [1.165, 1.54) is 0 Å². The molecule has 2 aromatic carbocycles. The molecule has 2 amide bonds. The van der Waals surface area contributed by atoms with Crippen molar-refractivity contribution >= 4 is 11.8 Å². The number of piperidine rings is 2. The van der Waals surface area contributed by atoms with Gasteiger partial charge in [0.15, 0.2) is 0 Å². The zero-order valence-electron chi connectivity index (χ0n) is 18.3. The Morgan fingerprint density at radius 2 is 1.29 bits per heavy atom. The maximum absolute atomic E-state index is 12.7. The van der Waals surface area contributed by atoms with Crippen molar-refractivity contribution < 1.29 is 14.3 Å². The molecule has 0 N–H and O–H groups in total. The molecule has 0 unspecified atom stereocenters. The van der Waals surface area contributed by atoms with Crippen molar-refractivity contribution in [2.45, 2.75) is 32.6 Å². The van der Waals surface area contributed by atoms with E-state index in [-0.39, 0.29) is 11.8 Å². The lowest BCUT2D eigenvalue weighted by Crippen LogP contribution is -2.39. The van der Waals surface area contributed by atoms with Crippen LogP contribution in [0.4, 0.5) is 0 Å². The van der Waals surface area contributed by atoms with Crippen LogP contribution in [0.1, 0.15) is 53.3 Å². The molecular weight excluding hydrogens is 388 g/mol. The van der Waals surface area contributed by atoms with E-state index in [1.54, 1.807) is 0 Å². The third kappa shape index (κ3) is 5.46. The van der Waals surface area contributed by atoms with Gasteiger partial charge in [0.2, 0.25) is 0 Å². The SMILES string of the molecule is CC1CCN(C(=O)c2ccc(OCC3CCN(C(=O)c4ccccc4)CC3)cc2)CC1. The van der Waals surface area contributed by atoms with Crippen LogP contribution in [0.5, 0.6) is 5.75 Å². The monoisotopic (exact) mass is 420 g/mol. The average molecular weight is 421 g/mol. The van der Waals surface area contributed by atoms with Gasteiger partial charge in [0.25, 0.3) is 11.8 Å². The fraction of sp³-hybridized carbons (Fsp3) is 0.462. The highest BCUT2D eigenvalue weighted by atomic mass is 16.5. The van der Waals surface area contributed by atoms with Crippen molar-refractivity contribution in [2.75, 3.05) is 32.8 Å². The molecular formula is C26H32N2O3. The topological polar surface area (TPSA) is 49.9 Å². The van der Waals surface area contributed by atoms with E-state index < -0.39 is 0 Å². The van der Waals surface area contributed by atoms with E-state index >= 15 is 0 Å². The Labute approximate surface area is 185 Å². The van der Waals surface area contributed by atoms with E-state index in [4.69, 9.17) is 4.74 Å². The number of likely N-dealkylation sites (tertiary alicyclic amines) is 2. The van der Waals surface area contributed by atoms with Crippen molar-refractivity contribution in [3.63, 3.8) is 0 Å². The molecule has 164 valence electrons. The smallest absolute Gasteiger partial charge is 0.253 e. The van der Waals surface area contributed by atoms with Crippen LogP contribution in [-0.4, -0.2) is 54.4 Å². The molecule has 0 aliphatic carbocycles. The number of nitrogens with zero attached hydrogens (tertiary/aromatic N) is 2. The van der Waals surface area contributed by atoms with Crippen LogP contribution in [0, 0.1) is 11.8 Å². The lowest BCUT2D eigenvalue weighted by molar-refractivity contribution is 0.0659. The van der Waals surface area contributed by atoms with Gasteiger partial charge >= 0.3 is 0 Å². The molecule has 0 radical (unpaired) electrons. The molecule has 2 aromatic rings. The summed E-state index contributed by atoms with van der Waals surface area (Å²) >= 11 is 0. The summed E-state index contributed by atoms with van der Waals surface area (Å²) in [5.41, 5.74) is 1.49. The Morgan fingerprint density at radius 3 is 1.87 bits per heavy atom. The first kappa shape index (κ1) is 21.4. The minimum atomic E-state index is 0.114. The van der Waals surface area contributed by atoms with Crippen molar-refractivity contribution in [3.05, 3.63) is 65.7 Å². The molecule has 2 heterocycles. The summed E-state index contributed by atoms with van der Waals surface area (Å²) in [7, 11) is 0. The van der Waals surface area contributed by atoms with Gasteiger partial charge in [0.05, 0.1) is 6.61 Å². The number of carbonyl (C=O) groups is 2. The van der Waals surface area contributed by atoms with Gasteiger partial charge in [-0.2, -0.15) is 0 Å². The second kappa shape index (κ2) is 9.99. The normalized spacial score (nSPS) is 18.1. The molecule has 2 saturated heterocycles. The van der Waals surface area contributed by atoms with Gasteiger partial charge in [-0.3, -0.25) is 9.59 Å². The summed E-state index contributed by atoms with van der Waals surface area (Å²) in [6.07, 6.45) is 4.07. The third-order valence-electron chi connectivity index (χ3n) is 6.58. The first-order valence-corrected chi connectivity index (χ1v) is 11.5. The molecule has 0 spiro atoms. The summed E-state index contributed by atoms with van der Waals surface area (Å²) in [6, 6.07) is 17.0. The standard InChI is InChI=1S/C26H32N2O3/c1-20-11-15-27(16-12-20)26(30)23-7-9-24(10-8-23)31-19-21-13-17-28(18-14-21)25(29)22-5-3-2-4-6-22/h2-10,20-21H,11-19H2,1H3. The van der Waals surface area contributed by atoms with Crippen molar-refractivity contribution in [1.29, 1.82) is 0 Å². The van der Waals surface area contributed by atoms with E-state index in [2.05, 4.69) is 6.92 Å². The Hall–Kier alpha value is -2.82. The average Bonchev–Trinajstić information content (AvgIpc) is 2.83. The third-order valence-corrected chi connectivity index (χ3v) is 6.58. The number of carbonyl (C=O) groups excluding carboxylic acids is 2. The number of hydrogen-bond acceptors (Lipinski definition) is 3. The minimum Gasteiger partial charge on any atom is -0.493 e. The zero-order chi connectivity index (χ0) is 21.6. The number of rotatable bonds is 5. The van der Waals surface area contributed by atoms with Crippen LogP contribution in [0.2, 0.25) is 0 Å². The van der Waals surface area contributed by atoms with Gasteiger partial charge in [-0.05, 0) is 73.9 Å². The summed E-state index contributed by atoms with van der Waals surface area (Å²) in [4.78, 5) is 29.1. The zero-order valence-corrected chi connectivity index (χ0v) is 18.3. The van der Waals surface area contributed by atoms with Gasteiger partial charge < -0.3 is 14.5 Å². The lowest BCUT2D eigenvalue weighted by Gasteiger charge is -2.32. The Bertz CT molecular complexity index is 865. The highest BCUT2D eigenvalue weighted by Gasteiger charge is 2.24. The predicted molar refractivity (Wildman–Crippen MR) is 121 cm³/mol. The molecule has 0 bridgehead atoms. The van der Waals surface area contributed by atoms with Crippen molar-refractivity contribution in [3.8, 4) is 5.75 Å². The quantitative estimate of drug-likeness (QED) is 0.716. The van der Waals surface area contributed by atoms with Crippen molar-refractivity contribution in [1.82, 2.24) is 9.80 Å². The van der Waals surface area contributed by atoms with E-state index in [1.807, 2.05) is 64.4 Å². The highest BCUT2D eigenvalue weighted by Crippen LogP contribution is 2.22. The van der Waals surface area contributed by atoms with Gasteiger partial charge in [-0.15, -0.1) is 0 Å². The maximum atomic E-state index is 12.7.